The smallest absolute Gasteiger partial charge is 0.325 e. The van der Waals surface area contributed by atoms with E-state index in [9.17, 15) is 33.9 Å². The van der Waals surface area contributed by atoms with E-state index < -0.39 is 6.04 Å². The SMILES string of the molecule is C=C(O)C(C(=O)N(c1ccccc1)C1C[C@H]2CCC[C@@H](C1)N2C1C[C@H]2CCC[C@@H](C1)C2)N(C)C.CC(=O)[C@@H]1CCCN1C(=O)CN(c1ccccc1)C1C[C@H]2CCC[C@@H](C1)N2C1C[C@H]2CCC[C@@H](C1)C2.CC(=O)[C@H]1CCCN1C(=O)N(c1ccccc1)C1C[C@H]2CCC[C@@H](C1)N2C1C[C@H]2CCC[C@@H](C1)C2.O=C(N(c1ccccc1)C1C[C@H]2CCC[C@@H](C1)N2C1C[C@H]2CCC[C@@H](C1)C2)N1CCC[C@H]1C1=NN=NC1. The number of hydrogen-bond donors (Lipinski definition) is 1. The fourth-order valence-corrected chi connectivity index (χ4v) is 34.8. The molecule has 9 unspecified atom stereocenters. The fraction of sp³-hybridized carbons (Fsp3) is 0.725. The second kappa shape index (κ2) is 45.4. The molecule has 12 aliphatic heterocycles. The topological polar surface area (TPSA) is 199 Å². The molecule has 8 aliphatic carbocycles. The number of Topliss-reactive ketones (excluding diaryl/α,β-unsaturated/α-hetero) is 2. The number of rotatable bonds is 20. The number of likely N-dealkylation sites (N-methyl/N-ethyl adjacent to an activating group) is 1. The third-order valence-corrected chi connectivity index (χ3v) is 40.2. The Kier molecular flexibility index (Phi) is 32.0. The number of aliphatic hydroxyl groups is 1. The van der Waals surface area contributed by atoms with Crippen molar-refractivity contribution >= 4 is 63.9 Å². The van der Waals surface area contributed by atoms with Gasteiger partial charge in [-0.3, -0.25) is 53.5 Å². The highest BCUT2D eigenvalue weighted by Gasteiger charge is 2.55. The number of para-hydroxylation sites is 4. The van der Waals surface area contributed by atoms with Crippen LogP contribution in [0, 0.1) is 47.3 Å². The van der Waals surface area contributed by atoms with Gasteiger partial charge in [-0.1, -0.05) is 182 Å². The van der Waals surface area contributed by atoms with E-state index in [1.165, 1.54) is 244 Å². The number of piperidine rings is 8. The average Bonchev–Trinajstić information content (AvgIpc) is 0.939. The summed E-state index contributed by atoms with van der Waals surface area (Å²) in [4.78, 5) is 109. The maximum Gasteiger partial charge on any atom is 0.325 e. The Labute approximate surface area is 850 Å². The van der Waals surface area contributed by atoms with E-state index in [0.717, 1.165) is 190 Å². The first-order chi connectivity index (χ1) is 69.3. The highest BCUT2D eigenvalue weighted by molar-refractivity contribution is 6.01. The molecule has 22 heteroatoms. The summed E-state index contributed by atoms with van der Waals surface area (Å²) in [7, 11) is 3.68. The van der Waals surface area contributed by atoms with Gasteiger partial charge < -0.3 is 29.6 Å². The van der Waals surface area contributed by atoms with Crippen LogP contribution in [0.3, 0.4) is 0 Å². The summed E-state index contributed by atoms with van der Waals surface area (Å²) in [5.74, 6) is 7.88. The van der Waals surface area contributed by atoms with Gasteiger partial charge in [-0.2, -0.15) is 5.11 Å². The van der Waals surface area contributed by atoms with Crippen LogP contribution in [-0.4, -0.2) is 253 Å². The summed E-state index contributed by atoms with van der Waals surface area (Å²) in [5, 5.41) is 22.5. The van der Waals surface area contributed by atoms with Crippen molar-refractivity contribution in [3.05, 3.63) is 134 Å². The van der Waals surface area contributed by atoms with Gasteiger partial charge in [0, 0.05) is 139 Å². The molecule has 11 saturated heterocycles. The molecule has 16 bridgehead atoms. The van der Waals surface area contributed by atoms with Crippen LogP contribution in [0.5, 0.6) is 0 Å². The second-order valence-corrected chi connectivity index (χ2v) is 49.3. The summed E-state index contributed by atoms with van der Waals surface area (Å²) in [6.45, 7) is 10.2. The Bertz CT molecular complexity index is 4880. The molecule has 6 amide bonds. The molecular formula is C120H173N15O7. The molecule has 8 saturated carbocycles. The molecule has 28 atom stereocenters. The van der Waals surface area contributed by atoms with Crippen molar-refractivity contribution in [3.63, 3.8) is 0 Å². The second-order valence-electron chi connectivity index (χ2n) is 49.3. The van der Waals surface area contributed by atoms with Crippen molar-refractivity contribution in [1.82, 2.24) is 39.2 Å². The van der Waals surface area contributed by atoms with Gasteiger partial charge in [0.2, 0.25) is 5.91 Å². The molecule has 1 N–H and O–H groups in total. The standard InChI is InChI=1S/C31H45N3O2.C30H42N6O.C30H43N3O2.C29H43N3O2/c1-22(35)30-14-7-15-32(30)31(36)21-33(25-10-3-2-4-11-25)28-19-26-12-6-13-27(20-28)34(26)29-17-23-8-5-9-24(16-23)18-29;37-30(34-14-6-13-29(34)28-20-31-33-32-28)36(23-9-2-1-3-10-23)27-18-24-11-5-12-25(19-27)35(24)26-16-21-7-4-8-22(15-21)17-26;1-21(34)29-14-7-15-31(29)30(35)33(24-10-3-2-4-11-24)28-19-25-12-6-13-26(20-28)32(25)27-17-22-8-5-9-23(16-22)18-27;1-20(33)28(30(2)3)29(34)32(23-11-5-4-6-12-23)27-18-24-13-8-14-25(19-27)31(24)26-16-21-9-7-10-22(15-21)17-26/h2-4,10-11,23-24,26-30H,5-9,12-21H2,1H3;1-3,9-10,21-22,24-27,29H,4-8,11-20H2;2-4,10-11,22-23,25-29H,5-9,12-20H2,1H3;4-6,11-12,21-22,24-28,33H,1,7-10,13-19H2,2-3H3/t23-,24+,26-,27+,28?,29?,30-;21-,22+,24-,25+,26?,27?,29-;22-,23+,25-,26+,27?,28?,29-;21-,22+,24-,25+,26?,27?,28?/m001./s1. The third kappa shape index (κ3) is 22.0. The normalized spacial score (nSPS) is 36.4. The first-order valence-electron chi connectivity index (χ1n) is 58.2. The zero-order chi connectivity index (χ0) is 97.2. The maximum atomic E-state index is 14.4. The quantitative estimate of drug-likeness (QED) is 0.0821. The van der Waals surface area contributed by atoms with Gasteiger partial charge in [0.15, 0.2) is 11.6 Å². The van der Waals surface area contributed by atoms with Gasteiger partial charge in [0.25, 0.3) is 5.91 Å². The highest BCUT2D eigenvalue weighted by Crippen LogP contribution is 2.54. The predicted molar refractivity (Wildman–Crippen MR) is 567 cm³/mol. The molecular weight excluding hydrogens is 1760 g/mol. The number of amides is 6. The lowest BCUT2D eigenvalue weighted by molar-refractivity contribution is -0.136. The molecule has 770 valence electrons. The molecule has 0 radical (unpaired) electrons. The largest absolute Gasteiger partial charge is 0.511 e. The van der Waals surface area contributed by atoms with Crippen molar-refractivity contribution in [2.75, 3.05) is 66.4 Å². The molecule has 20 aliphatic rings. The van der Waals surface area contributed by atoms with Crippen LogP contribution >= 0.6 is 0 Å². The molecule has 0 aromatic heterocycles. The zero-order valence-corrected chi connectivity index (χ0v) is 86.9. The van der Waals surface area contributed by atoms with Crippen molar-refractivity contribution in [1.29, 1.82) is 0 Å². The molecule has 22 nitrogen and oxygen atoms in total. The maximum absolute atomic E-state index is 14.4. The van der Waals surface area contributed by atoms with E-state index in [0.29, 0.717) is 74.0 Å². The lowest BCUT2D eigenvalue weighted by Crippen LogP contribution is -2.63. The first-order valence-corrected chi connectivity index (χ1v) is 58.2. The number of urea groups is 2. The molecule has 24 rings (SSSR count). The number of hydrogen-bond acceptors (Lipinski definition) is 16. The van der Waals surface area contributed by atoms with Crippen LogP contribution < -0.4 is 19.6 Å². The number of carbonyl (C=O) groups excluding carboxylic acids is 6. The van der Waals surface area contributed by atoms with Crippen LogP contribution in [0.25, 0.3) is 0 Å². The van der Waals surface area contributed by atoms with E-state index in [1.54, 1.807) is 18.7 Å². The Morgan fingerprint density at radius 2 is 0.634 bits per heavy atom. The minimum Gasteiger partial charge on any atom is -0.511 e. The number of nitrogens with zero attached hydrogens (tertiary/aromatic N) is 15. The molecule has 4 aromatic carbocycles. The Morgan fingerprint density at radius 3 is 0.965 bits per heavy atom. The van der Waals surface area contributed by atoms with Crippen molar-refractivity contribution in [2.24, 2.45) is 62.8 Å². The number of likely N-dealkylation sites (tertiary alicyclic amines) is 3. The third-order valence-electron chi connectivity index (χ3n) is 40.2. The van der Waals surface area contributed by atoms with Crippen LogP contribution in [-0.2, 0) is 19.2 Å². The number of aliphatic hydroxyl groups excluding tert-OH is 1. The number of fused-ring (bicyclic) bond motifs is 16. The molecule has 0 spiro atoms. The van der Waals surface area contributed by atoms with Crippen LogP contribution in [0.2, 0.25) is 0 Å². The Balaban J connectivity index is 0.000000112. The summed E-state index contributed by atoms with van der Waals surface area (Å²) >= 11 is 0. The minimum atomic E-state index is -0.726. The number of ketones is 2. The monoisotopic (exact) mass is 1940 g/mol. The molecule has 142 heavy (non-hydrogen) atoms. The van der Waals surface area contributed by atoms with Crippen LogP contribution in [0.15, 0.2) is 149 Å². The lowest BCUT2D eigenvalue weighted by Gasteiger charge is -2.56. The van der Waals surface area contributed by atoms with E-state index in [-0.39, 0.29) is 77.5 Å². The molecule has 19 fully saturated rings. The number of carbonyl (C=O) groups is 6. The summed E-state index contributed by atoms with van der Waals surface area (Å²) < 4.78 is 0. The fourth-order valence-electron chi connectivity index (χ4n) is 34.8. The average molecular weight is 1940 g/mol. The van der Waals surface area contributed by atoms with Crippen molar-refractivity contribution in [3.8, 4) is 0 Å². The van der Waals surface area contributed by atoms with Gasteiger partial charge in [0.1, 0.15) is 18.3 Å². The van der Waals surface area contributed by atoms with Gasteiger partial charge >= 0.3 is 12.1 Å². The van der Waals surface area contributed by atoms with Crippen LogP contribution in [0.4, 0.5) is 32.3 Å². The summed E-state index contributed by atoms with van der Waals surface area (Å²) in [6, 6.07) is 49.4. The van der Waals surface area contributed by atoms with Crippen LogP contribution in [0.1, 0.15) is 335 Å². The summed E-state index contributed by atoms with van der Waals surface area (Å²) in [6.07, 6.45) is 64.4. The van der Waals surface area contributed by atoms with Gasteiger partial charge in [-0.25, -0.2) is 9.59 Å². The zero-order valence-electron chi connectivity index (χ0n) is 86.9. The molecule has 12 heterocycles. The van der Waals surface area contributed by atoms with Gasteiger partial charge in [-0.15, -0.1) is 5.10 Å². The van der Waals surface area contributed by atoms with Gasteiger partial charge in [0.05, 0.1) is 30.4 Å². The number of anilines is 4. The molecule has 4 aromatic rings. The Hall–Kier alpha value is -7.89. The van der Waals surface area contributed by atoms with E-state index in [2.05, 4.69) is 134 Å². The van der Waals surface area contributed by atoms with Gasteiger partial charge in [-0.05, 0) is 347 Å². The van der Waals surface area contributed by atoms with E-state index >= 15 is 0 Å². The predicted octanol–water partition coefficient (Wildman–Crippen LogP) is 23.1. The summed E-state index contributed by atoms with van der Waals surface area (Å²) in [5.41, 5.74) is 5.09. The van der Waals surface area contributed by atoms with E-state index in [4.69, 9.17) is 0 Å². The lowest BCUT2D eigenvalue weighted by atomic mass is 9.68. The van der Waals surface area contributed by atoms with E-state index in [1.807, 2.05) is 77.3 Å². The Morgan fingerprint density at radius 1 is 0.338 bits per heavy atom. The number of benzene rings is 4. The minimum absolute atomic E-state index is 0.0370. The first kappa shape index (κ1) is 100. The highest BCUT2D eigenvalue weighted by atomic mass is 16.3. The van der Waals surface area contributed by atoms with Crippen molar-refractivity contribution < 1.29 is 33.9 Å². The van der Waals surface area contributed by atoms with Crippen molar-refractivity contribution in [2.45, 2.75) is 456 Å².